The van der Waals surface area contributed by atoms with E-state index in [0.717, 1.165) is 11.8 Å². The third-order valence-corrected chi connectivity index (χ3v) is 6.29. The standard InChI is InChI=1S/C27H26ClF3N4O3/c1-14-8-20(16(3)34-26(36)17(4)38-27(30)31)21(22(28)9-14)13-37-24-7-5-6-19-23(10-15(2)33-25(19)24)35-12-18(29)11-32-35/h5-12,16-17,27H,13H2,1-4H3,(H,34,36)/t16-,17+/m0/s1. The van der Waals surface area contributed by atoms with Crippen LogP contribution in [0.2, 0.25) is 5.02 Å². The summed E-state index contributed by atoms with van der Waals surface area (Å²) >= 11 is 6.58. The average molecular weight is 547 g/mol. The molecule has 0 radical (unpaired) electrons. The van der Waals surface area contributed by atoms with E-state index >= 15 is 0 Å². The van der Waals surface area contributed by atoms with Crippen LogP contribution in [0.5, 0.6) is 5.75 Å². The molecule has 11 heteroatoms. The smallest absolute Gasteiger partial charge is 0.346 e. The number of para-hydroxylation sites is 1. The molecule has 38 heavy (non-hydrogen) atoms. The summed E-state index contributed by atoms with van der Waals surface area (Å²) in [6.45, 7) is 3.63. The number of amides is 1. The second kappa shape index (κ2) is 11.4. The van der Waals surface area contributed by atoms with Gasteiger partial charge >= 0.3 is 6.61 Å². The van der Waals surface area contributed by atoms with Gasteiger partial charge in [-0.25, -0.2) is 14.1 Å². The molecular formula is C27H26ClF3N4O3. The lowest BCUT2D eigenvalue weighted by atomic mass is 9.99. The number of hydrogen-bond acceptors (Lipinski definition) is 5. The number of nitrogens with zero attached hydrogens (tertiary/aromatic N) is 3. The van der Waals surface area contributed by atoms with E-state index in [1.165, 1.54) is 17.8 Å². The fraction of sp³-hybridized carbons (Fsp3) is 0.296. The van der Waals surface area contributed by atoms with Crippen molar-refractivity contribution in [3.8, 4) is 11.4 Å². The Labute approximate surface area is 222 Å². The van der Waals surface area contributed by atoms with Crippen LogP contribution in [-0.4, -0.2) is 33.4 Å². The minimum Gasteiger partial charge on any atom is -0.487 e. The zero-order valence-electron chi connectivity index (χ0n) is 21.1. The van der Waals surface area contributed by atoms with Gasteiger partial charge < -0.3 is 14.8 Å². The molecule has 0 aliphatic rings. The maximum Gasteiger partial charge on any atom is 0.346 e. The fourth-order valence-electron chi connectivity index (χ4n) is 4.18. The van der Waals surface area contributed by atoms with Crippen LogP contribution in [0, 0.1) is 19.7 Å². The lowest BCUT2D eigenvalue weighted by Gasteiger charge is -2.22. The highest BCUT2D eigenvalue weighted by Crippen LogP contribution is 2.32. The summed E-state index contributed by atoms with van der Waals surface area (Å²) < 4.78 is 50.6. The molecule has 0 saturated carbocycles. The highest BCUT2D eigenvalue weighted by atomic mass is 35.5. The van der Waals surface area contributed by atoms with Gasteiger partial charge in [0.05, 0.1) is 24.1 Å². The Morgan fingerprint density at radius 2 is 1.95 bits per heavy atom. The monoisotopic (exact) mass is 546 g/mol. The van der Waals surface area contributed by atoms with Crippen molar-refractivity contribution in [2.45, 2.75) is 53.1 Å². The van der Waals surface area contributed by atoms with Gasteiger partial charge in [0.1, 0.15) is 24.0 Å². The molecule has 7 nitrogen and oxygen atoms in total. The van der Waals surface area contributed by atoms with E-state index in [-0.39, 0.29) is 6.61 Å². The molecule has 0 unspecified atom stereocenters. The number of ether oxygens (including phenoxy) is 2. The number of rotatable bonds is 9. The molecule has 0 aliphatic carbocycles. The van der Waals surface area contributed by atoms with E-state index in [4.69, 9.17) is 16.3 Å². The summed E-state index contributed by atoms with van der Waals surface area (Å²) in [6, 6.07) is 10.3. The summed E-state index contributed by atoms with van der Waals surface area (Å²) in [5.74, 6) is -0.671. The van der Waals surface area contributed by atoms with Crippen LogP contribution in [0.15, 0.2) is 48.8 Å². The number of carbonyl (C=O) groups excluding carboxylic acids is 1. The van der Waals surface area contributed by atoms with Crippen molar-refractivity contribution in [1.82, 2.24) is 20.1 Å². The first-order valence-corrected chi connectivity index (χ1v) is 12.2. The van der Waals surface area contributed by atoms with E-state index in [0.29, 0.717) is 44.2 Å². The van der Waals surface area contributed by atoms with Crippen molar-refractivity contribution >= 4 is 28.4 Å². The number of aromatic nitrogens is 3. The van der Waals surface area contributed by atoms with Crippen molar-refractivity contribution in [1.29, 1.82) is 0 Å². The van der Waals surface area contributed by atoms with Crippen LogP contribution < -0.4 is 10.1 Å². The molecule has 0 fully saturated rings. The van der Waals surface area contributed by atoms with Gasteiger partial charge in [0, 0.05) is 21.7 Å². The Bertz CT molecular complexity index is 1480. The van der Waals surface area contributed by atoms with E-state index < -0.39 is 30.5 Å². The van der Waals surface area contributed by atoms with Gasteiger partial charge in [-0.15, -0.1) is 0 Å². The Kier molecular flexibility index (Phi) is 8.23. The fourth-order valence-corrected chi connectivity index (χ4v) is 4.52. The largest absolute Gasteiger partial charge is 0.487 e. The Morgan fingerprint density at radius 1 is 1.18 bits per heavy atom. The van der Waals surface area contributed by atoms with Gasteiger partial charge in [-0.1, -0.05) is 29.8 Å². The van der Waals surface area contributed by atoms with Crippen LogP contribution in [0.3, 0.4) is 0 Å². The van der Waals surface area contributed by atoms with Gasteiger partial charge in [-0.2, -0.15) is 13.9 Å². The summed E-state index contributed by atoms with van der Waals surface area (Å²) in [7, 11) is 0. The van der Waals surface area contributed by atoms with Gasteiger partial charge in [0.15, 0.2) is 5.82 Å². The molecular weight excluding hydrogens is 521 g/mol. The van der Waals surface area contributed by atoms with Crippen molar-refractivity contribution in [3.05, 3.63) is 82.0 Å². The molecule has 0 spiro atoms. The van der Waals surface area contributed by atoms with Crippen molar-refractivity contribution in [3.63, 3.8) is 0 Å². The maximum atomic E-state index is 13.6. The maximum absolute atomic E-state index is 13.6. The number of aryl methyl sites for hydroxylation is 2. The first-order valence-electron chi connectivity index (χ1n) is 11.8. The number of carbonyl (C=O) groups is 1. The molecule has 1 N–H and O–H groups in total. The lowest BCUT2D eigenvalue weighted by Crippen LogP contribution is -2.37. The zero-order valence-corrected chi connectivity index (χ0v) is 21.9. The summed E-state index contributed by atoms with van der Waals surface area (Å²) in [5.41, 5.74) is 4.03. The molecule has 2 heterocycles. The average Bonchev–Trinajstić information content (AvgIpc) is 3.28. The second-order valence-electron chi connectivity index (χ2n) is 8.91. The SMILES string of the molecule is Cc1cc(Cl)c(COc2cccc3c(-n4cc(F)cn4)cc(C)nc23)c([C@H](C)NC(=O)[C@@H](C)OC(F)F)c1. The Morgan fingerprint density at radius 3 is 2.63 bits per heavy atom. The highest BCUT2D eigenvalue weighted by Gasteiger charge is 2.23. The third-order valence-electron chi connectivity index (χ3n) is 5.95. The van der Waals surface area contributed by atoms with E-state index in [1.54, 1.807) is 31.2 Å². The van der Waals surface area contributed by atoms with Crippen LogP contribution in [0.1, 0.15) is 42.3 Å². The Balaban J connectivity index is 1.64. The number of fused-ring (bicyclic) bond motifs is 1. The van der Waals surface area contributed by atoms with Crippen molar-refractivity contribution in [2.24, 2.45) is 0 Å². The number of nitrogens with one attached hydrogen (secondary N) is 1. The molecule has 0 aliphatic heterocycles. The number of pyridine rings is 1. The molecule has 2 aromatic heterocycles. The van der Waals surface area contributed by atoms with Gasteiger partial charge in [0.2, 0.25) is 5.91 Å². The number of halogens is 4. The molecule has 0 saturated heterocycles. The quantitative estimate of drug-likeness (QED) is 0.270. The summed E-state index contributed by atoms with van der Waals surface area (Å²) in [6.07, 6.45) is 1.08. The first kappa shape index (κ1) is 27.4. The zero-order chi connectivity index (χ0) is 27.6. The number of benzene rings is 2. The molecule has 2 aromatic carbocycles. The normalized spacial score (nSPS) is 13.1. The summed E-state index contributed by atoms with van der Waals surface area (Å²) in [5, 5.41) is 7.90. The predicted molar refractivity (Wildman–Crippen MR) is 137 cm³/mol. The van der Waals surface area contributed by atoms with Gasteiger partial charge in [0.25, 0.3) is 0 Å². The van der Waals surface area contributed by atoms with Crippen LogP contribution in [0.25, 0.3) is 16.6 Å². The minimum atomic E-state index is -3.06. The molecule has 0 bridgehead atoms. The highest BCUT2D eigenvalue weighted by molar-refractivity contribution is 6.31. The minimum absolute atomic E-state index is 0.0399. The lowest BCUT2D eigenvalue weighted by molar-refractivity contribution is -0.172. The first-order chi connectivity index (χ1) is 18.0. The van der Waals surface area contributed by atoms with Crippen molar-refractivity contribution < 1.29 is 27.4 Å². The number of alkyl halides is 2. The second-order valence-corrected chi connectivity index (χ2v) is 9.32. The molecule has 4 rings (SSSR count). The van der Waals surface area contributed by atoms with E-state index in [2.05, 4.69) is 20.1 Å². The molecule has 1 amide bonds. The third kappa shape index (κ3) is 6.08. The van der Waals surface area contributed by atoms with Crippen molar-refractivity contribution in [2.75, 3.05) is 0 Å². The topological polar surface area (TPSA) is 78.3 Å². The molecule has 2 atom stereocenters. The Hall–Kier alpha value is -3.63. The number of hydrogen-bond donors (Lipinski definition) is 1. The molecule has 4 aromatic rings. The predicted octanol–water partition coefficient (Wildman–Crippen LogP) is 6.21. The van der Waals surface area contributed by atoms with Gasteiger partial charge in [-0.3, -0.25) is 4.79 Å². The van der Waals surface area contributed by atoms with Crippen LogP contribution >= 0.6 is 11.6 Å². The van der Waals surface area contributed by atoms with Crippen LogP contribution in [-0.2, 0) is 16.1 Å². The van der Waals surface area contributed by atoms with Crippen LogP contribution in [0.4, 0.5) is 13.2 Å². The van der Waals surface area contributed by atoms with Gasteiger partial charge in [-0.05, 0) is 57.0 Å². The van der Waals surface area contributed by atoms with E-state index in [9.17, 15) is 18.0 Å². The molecule has 200 valence electrons. The van der Waals surface area contributed by atoms with E-state index in [1.807, 2.05) is 26.0 Å². The summed E-state index contributed by atoms with van der Waals surface area (Å²) in [4.78, 5) is 17.0.